The third kappa shape index (κ3) is 70.6. The summed E-state index contributed by atoms with van der Waals surface area (Å²) in [6.45, 7) is 2.37. The van der Waals surface area contributed by atoms with Crippen LogP contribution in [0.15, 0.2) is 146 Å². The Morgan fingerprint density at radius 1 is 0.305 bits per heavy atom. The summed E-state index contributed by atoms with van der Waals surface area (Å²) in [5.74, 6) is -1.63. The lowest BCUT2D eigenvalue weighted by molar-refractivity contribution is -0.161. The lowest BCUT2D eigenvalue weighted by Crippen LogP contribution is -2.30. The molecular weight excluding hydrogens is 1240 g/mol. The smallest absolute Gasteiger partial charge is 0.463 e. The maximum atomic E-state index is 12.9. The van der Waals surface area contributed by atoms with Gasteiger partial charge in [-0.3, -0.25) is 32.5 Å². The highest BCUT2D eigenvalue weighted by Crippen LogP contribution is 2.45. The number of unbranched alkanes of at least 4 members (excludes halogenated alkanes) is 20. The Morgan fingerprint density at radius 2 is 0.558 bits per heavy atom. The summed E-state index contributed by atoms with van der Waals surface area (Å²) in [5.41, 5.74) is 0. The van der Waals surface area contributed by atoms with Crippen molar-refractivity contribution in [3.63, 3.8) is 0 Å². The number of aliphatic hydroxyl groups excluding tert-OH is 2. The van der Waals surface area contributed by atoms with Crippen molar-refractivity contribution in [3.05, 3.63) is 146 Å². The second-order valence-corrected chi connectivity index (χ2v) is 26.5. The Balaban J connectivity index is 4.67. The third-order valence-corrected chi connectivity index (χ3v) is 16.5. The number of hydrogen-bond acceptors (Lipinski definition) is 14. The number of rotatable bonds is 67. The highest BCUT2D eigenvalue weighted by Gasteiger charge is 2.29. The van der Waals surface area contributed by atoms with Gasteiger partial charge in [-0.05, 0) is 122 Å². The van der Waals surface area contributed by atoms with E-state index < -0.39 is 91.5 Å². The molecule has 0 saturated carbocycles. The van der Waals surface area contributed by atoms with E-state index in [0.29, 0.717) is 19.3 Å². The molecule has 95 heavy (non-hydrogen) atoms. The predicted octanol–water partition coefficient (Wildman–Crippen LogP) is 20.5. The topological polar surface area (TPSA) is 231 Å². The Bertz CT molecular complexity index is 2310. The molecule has 5 unspecified atom stereocenters. The maximum Gasteiger partial charge on any atom is 0.472 e. The number of allylic oxidation sites excluding steroid dienone is 24. The quantitative estimate of drug-likeness (QED) is 0.0146. The average molecular weight is 1370 g/mol. The molecule has 0 aromatic rings. The van der Waals surface area contributed by atoms with E-state index in [2.05, 4.69) is 167 Å². The van der Waals surface area contributed by atoms with E-state index in [1.807, 2.05) is 0 Å². The van der Waals surface area contributed by atoms with Crippen LogP contribution in [0.2, 0.25) is 0 Å². The normalized spacial score (nSPS) is 15.0. The van der Waals surface area contributed by atoms with Gasteiger partial charge in [-0.15, -0.1) is 0 Å². The van der Waals surface area contributed by atoms with E-state index in [-0.39, 0.29) is 19.3 Å². The van der Waals surface area contributed by atoms with Gasteiger partial charge in [0.15, 0.2) is 6.10 Å². The molecule has 18 heteroatoms. The van der Waals surface area contributed by atoms with Gasteiger partial charge in [0.2, 0.25) is 0 Å². The molecule has 4 N–H and O–H groups in total. The fourth-order valence-corrected chi connectivity index (χ4v) is 10.7. The first-order valence-corrected chi connectivity index (χ1v) is 39.1. The number of aliphatic hydroxyl groups is 2. The van der Waals surface area contributed by atoms with Gasteiger partial charge >= 0.3 is 33.6 Å². The Hall–Kier alpha value is -4.57. The SMILES string of the molecule is CC/C=C\C/C=C\C/C=C\C/C=C\C/C=C\C/C=C\CCCCCCC(=O)OCC(O)COP(=O)(O)OCC(O)COP(=O)(O)OCC(COC(=O)CCCCCC/C=C\C/C=C\C/C=C\C/C=C\C/C=C\C/C=C\CC)OC(=O)CCCCCCCCCCCCCCC. The van der Waals surface area contributed by atoms with Crippen LogP contribution in [0.5, 0.6) is 0 Å². The first kappa shape index (κ1) is 90.4. The molecule has 0 amide bonds. The van der Waals surface area contributed by atoms with Crippen LogP contribution in [0.4, 0.5) is 0 Å². The molecule has 0 aromatic heterocycles. The van der Waals surface area contributed by atoms with E-state index in [4.69, 9.17) is 32.3 Å². The molecule has 0 rings (SSSR count). The van der Waals surface area contributed by atoms with Crippen molar-refractivity contribution in [2.75, 3.05) is 39.6 Å². The standard InChI is InChI=1S/C77H128O16P2/c1-4-7-10-13-16-19-22-25-27-29-31-33-35-37-39-41-43-46-48-51-54-57-60-63-75(80)87-66-72(78)67-89-94(83,84)90-68-73(79)69-91-95(85,86)92-71-74(93-77(82)65-62-59-56-53-50-45-24-21-18-15-12-9-6-3)70-88-76(81)64-61-58-55-52-49-47-44-42-40-38-36-34-32-30-28-26-23-20-17-14-11-8-5-2/h7-8,10-11,16-17,19-20,25-28,31-34,37-40,43-44,46-47,72-74,78-79H,4-6,9,12-15,18,21-24,29-30,35-36,41-42,45,48-71H2,1-3H3,(H,83,84)(H,85,86)/b10-7-,11-8-,19-16-,20-17-,27-25-,28-26-,33-31-,34-32-,39-37-,40-38-,46-43-,47-44-. The van der Waals surface area contributed by atoms with E-state index in [0.717, 1.165) is 154 Å². The monoisotopic (exact) mass is 1370 g/mol. The average Bonchev–Trinajstić information content (AvgIpc) is 1.91. The second kappa shape index (κ2) is 69.3. The zero-order valence-electron chi connectivity index (χ0n) is 58.8. The molecule has 0 saturated heterocycles. The fraction of sp³-hybridized carbons (Fsp3) is 0.649. The number of ether oxygens (including phenoxy) is 3. The van der Waals surface area contributed by atoms with Crippen LogP contribution in [0.1, 0.15) is 265 Å². The van der Waals surface area contributed by atoms with E-state index in [1.54, 1.807) is 0 Å². The summed E-state index contributed by atoms with van der Waals surface area (Å²) in [5, 5.41) is 20.6. The van der Waals surface area contributed by atoms with Crippen molar-refractivity contribution in [2.45, 2.75) is 283 Å². The minimum Gasteiger partial charge on any atom is -0.463 e. The van der Waals surface area contributed by atoms with Gasteiger partial charge in [-0.25, -0.2) is 9.13 Å². The van der Waals surface area contributed by atoms with Gasteiger partial charge in [0.05, 0.1) is 26.4 Å². The lowest BCUT2D eigenvalue weighted by atomic mass is 10.0. The molecule has 0 aliphatic heterocycles. The van der Waals surface area contributed by atoms with Gasteiger partial charge in [-0.2, -0.15) is 0 Å². The molecule has 0 fully saturated rings. The largest absolute Gasteiger partial charge is 0.472 e. The van der Waals surface area contributed by atoms with Crippen LogP contribution in [0.3, 0.4) is 0 Å². The number of phosphoric ester groups is 2. The van der Waals surface area contributed by atoms with Crippen LogP contribution in [0, 0.1) is 0 Å². The minimum atomic E-state index is -4.94. The van der Waals surface area contributed by atoms with Crippen molar-refractivity contribution < 1.29 is 75.8 Å². The molecule has 0 bridgehead atoms. The van der Waals surface area contributed by atoms with Gasteiger partial charge in [-0.1, -0.05) is 269 Å². The molecular formula is C77H128O16P2. The number of carbonyl (C=O) groups is 3. The second-order valence-electron chi connectivity index (χ2n) is 23.6. The Kier molecular flexibility index (Phi) is 66.0. The first-order valence-electron chi connectivity index (χ1n) is 36.1. The minimum absolute atomic E-state index is 0.0964. The third-order valence-electron chi connectivity index (χ3n) is 14.6. The summed E-state index contributed by atoms with van der Waals surface area (Å²) < 4.78 is 60.9. The van der Waals surface area contributed by atoms with Gasteiger partial charge in [0, 0.05) is 19.3 Å². The van der Waals surface area contributed by atoms with Gasteiger partial charge in [0.25, 0.3) is 0 Å². The van der Waals surface area contributed by atoms with E-state index in [9.17, 15) is 43.5 Å². The highest BCUT2D eigenvalue weighted by molar-refractivity contribution is 7.47. The zero-order valence-corrected chi connectivity index (χ0v) is 60.6. The van der Waals surface area contributed by atoms with Crippen molar-refractivity contribution in [2.24, 2.45) is 0 Å². The Labute approximate surface area is 575 Å². The van der Waals surface area contributed by atoms with Crippen LogP contribution < -0.4 is 0 Å². The first-order chi connectivity index (χ1) is 46.2. The van der Waals surface area contributed by atoms with Crippen molar-refractivity contribution in [1.82, 2.24) is 0 Å². The molecule has 5 atom stereocenters. The summed E-state index contributed by atoms with van der Waals surface area (Å²) in [4.78, 5) is 58.5. The number of esters is 3. The summed E-state index contributed by atoms with van der Waals surface area (Å²) in [6, 6.07) is 0. The molecule has 0 heterocycles. The number of hydrogen-bond donors (Lipinski definition) is 4. The lowest BCUT2D eigenvalue weighted by Gasteiger charge is -2.21. The van der Waals surface area contributed by atoms with Crippen molar-refractivity contribution >= 4 is 33.6 Å². The van der Waals surface area contributed by atoms with Crippen molar-refractivity contribution in [1.29, 1.82) is 0 Å². The van der Waals surface area contributed by atoms with Crippen LogP contribution in [-0.2, 0) is 55.8 Å². The number of carbonyl (C=O) groups excluding carboxylic acids is 3. The zero-order chi connectivity index (χ0) is 69.5. The van der Waals surface area contributed by atoms with Crippen LogP contribution >= 0.6 is 15.6 Å². The molecule has 0 aromatic carbocycles. The maximum absolute atomic E-state index is 12.9. The molecule has 0 radical (unpaired) electrons. The molecule has 16 nitrogen and oxygen atoms in total. The fourth-order valence-electron chi connectivity index (χ4n) is 9.11. The molecule has 0 aliphatic carbocycles. The van der Waals surface area contributed by atoms with Crippen molar-refractivity contribution in [3.8, 4) is 0 Å². The van der Waals surface area contributed by atoms with E-state index in [1.165, 1.54) is 51.4 Å². The summed E-state index contributed by atoms with van der Waals surface area (Å²) in [6.07, 6.45) is 83.2. The predicted molar refractivity (Wildman–Crippen MR) is 389 cm³/mol. The van der Waals surface area contributed by atoms with Crippen LogP contribution in [0.25, 0.3) is 0 Å². The van der Waals surface area contributed by atoms with Gasteiger partial charge < -0.3 is 34.2 Å². The Morgan fingerprint density at radius 3 is 0.884 bits per heavy atom. The van der Waals surface area contributed by atoms with Gasteiger partial charge in [0.1, 0.15) is 25.4 Å². The molecule has 542 valence electrons. The molecule has 0 spiro atoms. The summed E-state index contributed by atoms with van der Waals surface area (Å²) in [7, 11) is -9.80. The molecule has 0 aliphatic rings. The highest BCUT2D eigenvalue weighted by atomic mass is 31.2. The summed E-state index contributed by atoms with van der Waals surface area (Å²) >= 11 is 0. The van der Waals surface area contributed by atoms with Crippen LogP contribution in [-0.4, -0.2) is 95.9 Å². The van der Waals surface area contributed by atoms with E-state index >= 15 is 0 Å². The number of phosphoric acid groups is 2.